The second-order valence-corrected chi connectivity index (χ2v) is 1.61. The molecule has 0 saturated heterocycles. The Balaban J connectivity index is 0.000000250. The monoisotopic (exact) mass is 163 g/mol. The van der Waals surface area contributed by atoms with E-state index in [1.54, 1.807) is 11.3 Å². The van der Waals surface area contributed by atoms with Crippen LogP contribution in [-0.4, -0.2) is 0 Å². The molecule has 0 N–H and O–H groups in total. The zero-order chi connectivity index (χ0) is 3.54. The fourth-order valence-corrected chi connectivity index (χ4v) is 0.680. The van der Waals surface area contributed by atoms with Crippen molar-refractivity contribution in [2.75, 3.05) is 0 Å². The van der Waals surface area contributed by atoms with Crippen LogP contribution in [0.25, 0.3) is 0 Å². The fraction of sp³-hybridized carbons (Fsp3) is 0. The minimum absolute atomic E-state index is 0. The molecule has 0 bridgehead atoms. The van der Waals surface area contributed by atoms with Gasteiger partial charge in [-0.3, -0.25) is 0 Å². The van der Waals surface area contributed by atoms with Gasteiger partial charge in [-0.15, -0.1) is 0 Å². The Kier molecular flexibility index (Phi) is 3.47. The summed E-state index contributed by atoms with van der Waals surface area (Å²) >= 11 is 1.71. The van der Waals surface area contributed by atoms with Crippen molar-refractivity contribution in [1.29, 1.82) is 0 Å². The first-order valence-electron chi connectivity index (χ1n) is 1.47. The lowest BCUT2D eigenvalue weighted by Gasteiger charge is -1.39. The third-order valence-corrected chi connectivity index (χ3v) is 1.05. The Morgan fingerprint density at radius 1 is 1.00 bits per heavy atom. The normalized spacial score (nSPS) is 6.67. The van der Waals surface area contributed by atoms with Crippen LogP contribution >= 0.6 is 11.3 Å². The van der Waals surface area contributed by atoms with Gasteiger partial charge in [0.25, 0.3) is 0 Å². The molecule has 1 rings (SSSR count). The molecule has 0 aliphatic carbocycles. The van der Waals surface area contributed by atoms with Gasteiger partial charge in [-0.25, -0.2) is 0 Å². The van der Waals surface area contributed by atoms with E-state index in [2.05, 4.69) is 0 Å². The number of thiophene rings is 1. The van der Waals surface area contributed by atoms with Crippen LogP contribution in [0.1, 0.15) is 0 Å². The van der Waals surface area contributed by atoms with E-state index >= 15 is 0 Å². The van der Waals surface area contributed by atoms with Gasteiger partial charge >= 0.3 is 0 Å². The molecule has 0 aliphatic heterocycles. The summed E-state index contributed by atoms with van der Waals surface area (Å²) in [6.45, 7) is 0. The van der Waals surface area contributed by atoms with Crippen molar-refractivity contribution in [3.63, 3.8) is 0 Å². The first-order valence-corrected chi connectivity index (χ1v) is 2.41. The summed E-state index contributed by atoms with van der Waals surface area (Å²) in [5.41, 5.74) is 0. The van der Waals surface area contributed by atoms with Gasteiger partial charge in [0.1, 0.15) is 0 Å². The molecule has 1 aromatic rings. The van der Waals surface area contributed by atoms with Crippen LogP contribution in [0.15, 0.2) is 22.9 Å². The van der Waals surface area contributed by atoms with Crippen molar-refractivity contribution in [3.05, 3.63) is 22.9 Å². The maximum Gasteiger partial charge on any atom is -0.00934 e. The van der Waals surface area contributed by atoms with Gasteiger partial charge in [0.15, 0.2) is 0 Å². The first-order chi connectivity index (χ1) is 2.50. The maximum atomic E-state index is 2.04. The van der Waals surface area contributed by atoms with Gasteiger partial charge in [0.2, 0.25) is 0 Å². The van der Waals surface area contributed by atoms with Gasteiger partial charge in [-0.1, -0.05) is 12.1 Å². The Hall–Kier alpha value is 0.180. The van der Waals surface area contributed by atoms with E-state index in [4.69, 9.17) is 0 Å². The molecule has 0 fully saturated rings. The summed E-state index contributed by atoms with van der Waals surface area (Å²) < 4.78 is 0. The summed E-state index contributed by atoms with van der Waals surface area (Å²) in [7, 11) is 0. The molecule has 0 aliphatic rings. The highest BCUT2D eigenvalue weighted by Crippen LogP contribution is 1.91. The van der Waals surface area contributed by atoms with Gasteiger partial charge in [-0.05, 0) is 10.8 Å². The summed E-state index contributed by atoms with van der Waals surface area (Å²) in [5.74, 6) is 0. The SMILES string of the molecule is [Br-].c1ccsc1. The van der Waals surface area contributed by atoms with E-state index in [1.165, 1.54) is 0 Å². The zero-order valence-electron chi connectivity index (χ0n) is 3.10. The highest BCUT2D eigenvalue weighted by molar-refractivity contribution is 7.07. The first kappa shape index (κ1) is 6.18. The number of halogens is 1. The van der Waals surface area contributed by atoms with Crippen molar-refractivity contribution < 1.29 is 17.0 Å². The van der Waals surface area contributed by atoms with Gasteiger partial charge in [0, 0.05) is 0 Å². The minimum Gasteiger partial charge on any atom is -1.00 e. The number of hydrogen-bond donors (Lipinski definition) is 0. The lowest BCUT2D eigenvalue weighted by molar-refractivity contribution is -0.000000940. The van der Waals surface area contributed by atoms with Crippen LogP contribution in [0.5, 0.6) is 0 Å². The molecule has 0 nitrogen and oxygen atoms in total. The smallest absolute Gasteiger partial charge is 0.00934 e. The summed E-state index contributed by atoms with van der Waals surface area (Å²) in [4.78, 5) is 0. The molecule has 0 atom stereocenters. The Morgan fingerprint density at radius 2 is 1.50 bits per heavy atom. The van der Waals surface area contributed by atoms with Crippen LogP contribution < -0.4 is 17.0 Å². The predicted molar refractivity (Wildman–Crippen MR) is 24.3 cm³/mol. The molecule has 0 aromatic carbocycles. The third kappa shape index (κ3) is 1.58. The van der Waals surface area contributed by atoms with E-state index in [0.29, 0.717) is 0 Å². The molecular weight excluding hydrogens is 160 g/mol. The van der Waals surface area contributed by atoms with E-state index < -0.39 is 0 Å². The van der Waals surface area contributed by atoms with E-state index in [9.17, 15) is 0 Å². The second kappa shape index (κ2) is 3.37. The number of hydrogen-bond acceptors (Lipinski definition) is 1. The summed E-state index contributed by atoms with van der Waals surface area (Å²) in [5, 5.41) is 4.08. The Bertz CT molecular complexity index is 64.0. The molecule has 0 spiro atoms. The molecule has 34 valence electrons. The highest BCUT2D eigenvalue weighted by Gasteiger charge is 1.58. The van der Waals surface area contributed by atoms with E-state index in [1.807, 2.05) is 22.9 Å². The van der Waals surface area contributed by atoms with Gasteiger partial charge in [-0.2, -0.15) is 11.3 Å². The van der Waals surface area contributed by atoms with Crippen LogP contribution in [0, 0.1) is 0 Å². The lowest BCUT2D eigenvalue weighted by Crippen LogP contribution is -3.00. The molecule has 1 heterocycles. The zero-order valence-corrected chi connectivity index (χ0v) is 5.50. The topological polar surface area (TPSA) is 0 Å². The van der Waals surface area contributed by atoms with Crippen molar-refractivity contribution in [1.82, 2.24) is 0 Å². The molecular formula is C4H4BrS-. The molecule has 1 aromatic heterocycles. The van der Waals surface area contributed by atoms with Crippen LogP contribution in [0.2, 0.25) is 0 Å². The lowest BCUT2D eigenvalue weighted by atomic mass is 10.7. The maximum absolute atomic E-state index is 2.04. The van der Waals surface area contributed by atoms with Crippen LogP contribution in [0.3, 0.4) is 0 Å². The van der Waals surface area contributed by atoms with Crippen molar-refractivity contribution >= 4 is 11.3 Å². The van der Waals surface area contributed by atoms with Gasteiger partial charge in [0.05, 0.1) is 0 Å². The minimum atomic E-state index is 0. The highest BCUT2D eigenvalue weighted by atomic mass is 79.9. The summed E-state index contributed by atoms with van der Waals surface area (Å²) in [6.07, 6.45) is 0. The fourth-order valence-electron chi connectivity index (χ4n) is 0.227. The largest absolute Gasteiger partial charge is 1.00 e. The molecule has 0 amide bonds. The average molecular weight is 164 g/mol. The van der Waals surface area contributed by atoms with Crippen LogP contribution in [-0.2, 0) is 0 Å². The molecule has 0 unspecified atom stereocenters. The molecule has 6 heavy (non-hydrogen) atoms. The van der Waals surface area contributed by atoms with E-state index in [-0.39, 0.29) is 17.0 Å². The molecule has 0 saturated carbocycles. The second-order valence-electron chi connectivity index (χ2n) is 0.793. The summed E-state index contributed by atoms with van der Waals surface area (Å²) in [6, 6.07) is 4.04. The van der Waals surface area contributed by atoms with Gasteiger partial charge < -0.3 is 17.0 Å². The van der Waals surface area contributed by atoms with E-state index in [0.717, 1.165) is 0 Å². The molecule has 0 radical (unpaired) electrons. The Morgan fingerprint density at radius 3 is 1.67 bits per heavy atom. The number of rotatable bonds is 0. The average Bonchev–Trinajstić information content (AvgIpc) is 1.76. The third-order valence-electron chi connectivity index (χ3n) is 0.425. The van der Waals surface area contributed by atoms with Crippen molar-refractivity contribution in [2.45, 2.75) is 0 Å². The van der Waals surface area contributed by atoms with Crippen LogP contribution in [0.4, 0.5) is 0 Å². The quantitative estimate of drug-likeness (QED) is 0.449. The Labute approximate surface area is 51.6 Å². The van der Waals surface area contributed by atoms with Crippen molar-refractivity contribution in [3.8, 4) is 0 Å². The molecule has 2 heteroatoms. The standard InChI is InChI=1S/C4H4S.BrH/c1-2-4-5-3-1;/h1-4H;1H/p-1. The predicted octanol–water partition coefficient (Wildman–Crippen LogP) is -1.25. The van der Waals surface area contributed by atoms with Crippen molar-refractivity contribution in [2.24, 2.45) is 0 Å².